The lowest BCUT2D eigenvalue weighted by atomic mass is 10.2. The molecule has 0 saturated carbocycles. The quantitative estimate of drug-likeness (QED) is 0.522. The molecule has 1 aromatic heterocycles. The van der Waals surface area contributed by atoms with E-state index in [4.69, 9.17) is 10.5 Å². The van der Waals surface area contributed by atoms with E-state index in [2.05, 4.69) is 20.3 Å². The second kappa shape index (κ2) is 9.00. The number of carbonyl (C=O) groups excluding carboxylic acids is 1. The number of aromatic nitrogens is 3. The van der Waals surface area contributed by atoms with E-state index in [9.17, 15) is 22.0 Å². The number of benzene rings is 2. The molecule has 0 atom stereocenters. The van der Waals surface area contributed by atoms with Gasteiger partial charge in [-0.05, 0) is 42.8 Å². The molecule has 12 heteroatoms. The molecule has 3 rings (SSSR count). The Labute approximate surface area is 176 Å². The first-order valence-corrected chi connectivity index (χ1v) is 10.3. The van der Waals surface area contributed by atoms with Crippen LogP contribution in [0.4, 0.5) is 26.4 Å². The molecule has 3 aromatic rings. The Morgan fingerprint density at radius 2 is 1.77 bits per heavy atom. The number of sulfone groups is 1. The lowest BCUT2D eigenvalue weighted by Crippen LogP contribution is -2.13. The molecule has 2 aromatic carbocycles. The monoisotopic (exact) mass is 449 g/mol. The smallest absolute Gasteiger partial charge is 0.341 e. The van der Waals surface area contributed by atoms with E-state index in [1.54, 1.807) is 0 Å². The third-order valence-corrected chi connectivity index (χ3v) is 5.47. The van der Waals surface area contributed by atoms with E-state index in [1.807, 2.05) is 31.2 Å². The average molecular weight is 449 g/mol. The van der Waals surface area contributed by atoms with Gasteiger partial charge in [-0.25, -0.2) is 13.2 Å². The van der Waals surface area contributed by atoms with Gasteiger partial charge in [0.25, 0.3) is 0 Å². The van der Waals surface area contributed by atoms with Crippen molar-refractivity contribution in [1.82, 2.24) is 15.0 Å². The molecule has 31 heavy (non-hydrogen) atoms. The third kappa shape index (κ3) is 5.28. The van der Waals surface area contributed by atoms with Gasteiger partial charge in [-0.15, -0.1) is 0 Å². The number of hydrogen-bond acceptors (Lipinski definition) is 9. The first-order chi connectivity index (χ1) is 14.7. The Morgan fingerprint density at radius 1 is 1.10 bits per heavy atom. The number of nitrogen functional groups attached to an aromatic ring is 1. The molecule has 0 spiro atoms. The lowest BCUT2D eigenvalue weighted by molar-refractivity contribution is 0.0462. The van der Waals surface area contributed by atoms with E-state index in [0.717, 1.165) is 35.5 Å². The molecule has 1 heterocycles. The molecule has 0 bridgehead atoms. The van der Waals surface area contributed by atoms with E-state index in [0.29, 0.717) is 0 Å². The summed E-state index contributed by atoms with van der Waals surface area (Å²) in [5, 5.41) is 3.00. The van der Waals surface area contributed by atoms with E-state index in [1.165, 1.54) is 0 Å². The van der Waals surface area contributed by atoms with E-state index < -0.39 is 26.5 Å². The number of aryl methyl sites for hydroxylation is 1. The number of nitrogens with zero attached hydrogens (tertiary/aromatic N) is 3. The van der Waals surface area contributed by atoms with Crippen LogP contribution in [0.1, 0.15) is 21.7 Å². The van der Waals surface area contributed by atoms with Gasteiger partial charge in [0.1, 0.15) is 0 Å². The van der Waals surface area contributed by atoms with Gasteiger partial charge in [0.15, 0.2) is 12.4 Å². The molecule has 0 saturated heterocycles. The molecule has 0 fully saturated rings. The summed E-state index contributed by atoms with van der Waals surface area (Å²) in [6.07, 6.45) is 0. The van der Waals surface area contributed by atoms with Gasteiger partial charge in [-0.3, -0.25) is 0 Å². The topological polar surface area (TPSA) is 137 Å². The van der Waals surface area contributed by atoms with Crippen LogP contribution in [-0.4, -0.2) is 35.1 Å². The number of alkyl halides is 2. The highest BCUT2D eigenvalue weighted by molar-refractivity contribution is 7.91. The van der Waals surface area contributed by atoms with Crippen molar-refractivity contribution in [3.8, 4) is 0 Å². The molecule has 0 radical (unpaired) electrons. The Balaban J connectivity index is 1.69. The van der Waals surface area contributed by atoms with Gasteiger partial charge >= 0.3 is 11.7 Å². The zero-order chi connectivity index (χ0) is 22.6. The standard InChI is InChI=1S/C19H17F2N5O4S/c1-11-4-2-3-5-14(11)23-19-25-15(24-18(22)26-19)10-30-16(27)12-6-8-13(9-7-12)31(28,29)17(20)21/h2-9,17H,10H2,1H3,(H3,22,23,24,25,26). The summed E-state index contributed by atoms with van der Waals surface area (Å²) >= 11 is 0. The van der Waals surface area contributed by atoms with Crippen LogP contribution in [0, 0.1) is 6.92 Å². The maximum atomic E-state index is 12.6. The summed E-state index contributed by atoms with van der Waals surface area (Å²) in [6.45, 7) is 1.55. The van der Waals surface area contributed by atoms with Crippen LogP contribution in [0.2, 0.25) is 0 Å². The summed E-state index contributed by atoms with van der Waals surface area (Å²) in [6, 6.07) is 11.4. The van der Waals surface area contributed by atoms with Crippen LogP contribution in [-0.2, 0) is 21.2 Å². The summed E-state index contributed by atoms with van der Waals surface area (Å²) in [5.74, 6) is -4.22. The molecule has 9 nitrogen and oxygen atoms in total. The first-order valence-electron chi connectivity index (χ1n) is 8.79. The van der Waals surface area contributed by atoms with Gasteiger partial charge in [-0.2, -0.15) is 23.7 Å². The fraction of sp³-hybridized carbons (Fsp3) is 0.158. The predicted octanol–water partition coefficient (Wildman–Crippen LogP) is 2.86. The van der Waals surface area contributed by atoms with Gasteiger partial charge in [0, 0.05) is 5.69 Å². The molecule has 0 aliphatic carbocycles. The van der Waals surface area contributed by atoms with Gasteiger partial charge < -0.3 is 15.8 Å². The zero-order valence-electron chi connectivity index (χ0n) is 16.1. The van der Waals surface area contributed by atoms with Crippen molar-refractivity contribution < 1.29 is 26.7 Å². The number of rotatable bonds is 7. The number of nitrogens with two attached hydrogens (primary N) is 1. The van der Waals surface area contributed by atoms with Gasteiger partial charge in [0.2, 0.25) is 21.7 Å². The van der Waals surface area contributed by atoms with Crippen molar-refractivity contribution in [2.24, 2.45) is 0 Å². The maximum Gasteiger partial charge on any atom is 0.341 e. The Kier molecular flexibility index (Phi) is 6.39. The molecule has 3 N–H and O–H groups in total. The SMILES string of the molecule is Cc1ccccc1Nc1nc(N)nc(COC(=O)c2ccc(S(=O)(=O)C(F)F)cc2)n1. The summed E-state index contributed by atoms with van der Waals surface area (Å²) < 4.78 is 53.1. The van der Waals surface area contributed by atoms with Crippen LogP contribution in [0.3, 0.4) is 0 Å². The second-order valence-electron chi connectivity index (χ2n) is 6.28. The number of anilines is 3. The number of hydrogen-bond donors (Lipinski definition) is 2. The number of halogens is 2. The number of para-hydroxylation sites is 1. The first kappa shape index (κ1) is 22.0. The van der Waals surface area contributed by atoms with Crippen LogP contribution < -0.4 is 11.1 Å². The molecular weight excluding hydrogens is 432 g/mol. The highest BCUT2D eigenvalue weighted by Crippen LogP contribution is 2.20. The average Bonchev–Trinajstić information content (AvgIpc) is 2.73. The van der Waals surface area contributed by atoms with Crippen LogP contribution >= 0.6 is 0 Å². The minimum atomic E-state index is -4.75. The van der Waals surface area contributed by atoms with Crippen LogP contribution in [0.5, 0.6) is 0 Å². The molecular formula is C19H17F2N5O4S. The Hall–Kier alpha value is -3.67. The van der Waals surface area contributed by atoms with Crippen LogP contribution in [0.15, 0.2) is 53.4 Å². The van der Waals surface area contributed by atoms with Crippen LogP contribution in [0.25, 0.3) is 0 Å². The van der Waals surface area contributed by atoms with Crippen molar-refractivity contribution >= 4 is 33.4 Å². The number of ether oxygens (including phenoxy) is 1. The summed E-state index contributed by atoms with van der Waals surface area (Å²) in [4.78, 5) is 23.6. The molecule has 0 unspecified atom stereocenters. The van der Waals surface area contributed by atoms with E-state index in [-0.39, 0.29) is 29.9 Å². The Bertz CT molecular complexity index is 1200. The predicted molar refractivity (Wildman–Crippen MR) is 107 cm³/mol. The summed E-state index contributed by atoms with van der Waals surface area (Å²) in [5.41, 5.74) is 7.37. The number of carbonyl (C=O) groups is 1. The lowest BCUT2D eigenvalue weighted by Gasteiger charge is -2.10. The highest BCUT2D eigenvalue weighted by atomic mass is 32.2. The number of nitrogens with one attached hydrogen (secondary N) is 1. The van der Waals surface area contributed by atoms with Crippen molar-refractivity contribution in [1.29, 1.82) is 0 Å². The Morgan fingerprint density at radius 3 is 2.42 bits per heavy atom. The van der Waals surface area contributed by atoms with Crippen molar-refractivity contribution in [2.45, 2.75) is 24.2 Å². The second-order valence-corrected chi connectivity index (χ2v) is 8.20. The number of esters is 1. The fourth-order valence-electron chi connectivity index (χ4n) is 2.49. The molecule has 0 amide bonds. The molecule has 0 aliphatic heterocycles. The third-order valence-electron chi connectivity index (χ3n) is 4.08. The van der Waals surface area contributed by atoms with Crippen molar-refractivity contribution in [3.63, 3.8) is 0 Å². The zero-order valence-corrected chi connectivity index (χ0v) is 16.9. The molecule has 0 aliphatic rings. The van der Waals surface area contributed by atoms with Gasteiger partial charge in [-0.1, -0.05) is 18.2 Å². The maximum absolute atomic E-state index is 12.6. The van der Waals surface area contributed by atoms with E-state index >= 15 is 0 Å². The highest BCUT2D eigenvalue weighted by Gasteiger charge is 2.26. The van der Waals surface area contributed by atoms with Crippen molar-refractivity contribution in [3.05, 3.63) is 65.5 Å². The largest absolute Gasteiger partial charge is 0.454 e. The minimum absolute atomic E-state index is 0.0338. The van der Waals surface area contributed by atoms with Crippen molar-refractivity contribution in [2.75, 3.05) is 11.1 Å². The normalized spacial score (nSPS) is 11.4. The molecule has 162 valence electrons. The summed E-state index contributed by atoms with van der Waals surface area (Å²) in [7, 11) is -4.75. The fourth-order valence-corrected chi connectivity index (χ4v) is 3.21. The minimum Gasteiger partial charge on any atom is -0.454 e. The van der Waals surface area contributed by atoms with Gasteiger partial charge in [0.05, 0.1) is 10.5 Å².